The van der Waals surface area contributed by atoms with Crippen LogP contribution in [0.4, 0.5) is 5.69 Å². The van der Waals surface area contributed by atoms with Crippen LogP contribution in [0.25, 0.3) is 0 Å². The quantitative estimate of drug-likeness (QED) is 0.712. The molecule has 1 aromatic carbocycles. The minimum atomic E-state index is -0.687. The monoisotopic (exact) mass is 250 g/mol. The fraction of sp³-hybridized carbons (Fsp3) is 0.308. The van der Waals surface area contributed by atoms with E-state index in [0.717, 1.165) is 0 Å². The Balaban J connectivity index is 2.61. The van der Waals surface area contributed by atoms with Gasteiger partial charge in [-0.05, 0) is 12.1 Å². The minimum absolute atomic E-state index is 0.179. The molecule has 0 fully saturated rings. The molecule has 1 atom stereocenters. The van der Waals surface area contributed by atoms with Crippen molar-refractivity contribution in [3.63, 3.8) is 0 Å². The van der Waals surface area contributed by atoms with E-state index in [2.05, 4.69) is 11.9 Å². The summed E-state index contributed by atoms with van der Waals surface area (Å²) in [6.07, 6.45) is 1.65. The van der Waals surface area contributed by atoms with Gasteiger partial charge >= 0.3 is 0 Å². The van der Waals surface area contributed by atoms with E-state index in [9.17, 15) is 4.79 Å². The Morgan fingerprint density at radius 2 is 2.39 bits per heavy atom. The smallest absolute Gasteiger partial charge is 0.243 e. The number of anilines is 1. The zero-order chi connectivity index (χ0) is 13.4. The van der Waals surface area contributed by atoms with Crippen molar-refractivity contribution in [3.8, 4) is 5.75 Å². The summed E-state index contributed by atoms with van der Waals surface area (Å²) in [4.78, 5) is 11.7. The van der Waals surface area contributed by atoms with Gasteiger partial charge in [-0.1, -0.05) is 18.7 Å². The molecule has 1 aromatic rings. The molecule has 0 aliphatic rings. The van der Waals surface area contributed by atoms with Crippen LogP contribution in [0.3, 0.4) is 0 Å². The second kappa shape index (κ2) is 7.47. The van der Waals surface area contributed by atoms with Crippen molar-refractivity contribution < 1.29 is 14.3 Å². The Kier molecular flexibility index (Phi) is 5.90. The van der Waals surface area contributed by atoms with Crippen LogP contribution in [-0.4, -0.2) is 32.3 Å². The molecule has 3 N–H and O–H groups in total. The van der Waals surface area contributed by atoms with E-state index in [1.54, 1.807) is 30.3 Å². The van der Waals surface area contributed by atoms with Gasteiger partial charge in [0.1, 0.15) is 18.4 Å². The highest BCUT2D eigenvalue weighted by molar-refractivity contribution is 5.94. The van der Waals surface area contributed by atoms with Gasteiger partial charge in [0.25, 0.3) is 0 Å². The predicted octanol–water partition coefficient (Wildman–Crippen LogP) is 1.16. The predicted molar refractivity (Wildman–Crippen MR) is 70.6 cm³/mol. The Morgan fingerprint density at radius 1 is 1.61 bits per heavy atom. The third-order valence-corrected chi connectivity index (χ3v) is 2.15. The van der Waals surface area contributed by atoms with Crippen molar-refractivity contribution in [2.24, 2.45) is 5.73 Å². The second-order valence-electron chi connectivity index (χ2n) is 3.68. The van der Waals surface area contributed by atoms with Crippen molar-refractivity contribution in [2.75, 3.05) is 25.6 Å². The maximum atomic E-state index is 11.7. The average Bonchev–Trinajstić information content (AvgIpc) is 2.37. The second-order valence-corrected chi connectivity index (χ2v) is 3.68. The largest absolute Gasteiger partial charge is 0.489 e. The van der Waals surface area contributed by atoms with Gasteiger partial charge in [0.2, 0.25) is 5.91 Å². The van der Waals surface area contributed by atoms with Crippen LogP contribution in [0.1, 0.15) is 0 Å². The van der Waals surface area contributed by atoms with Crippen molar-refractivity contribution >= 4 is 11.6 Å². The number of hydrogen-bond donors (Lipinski definition) is 2. The fourth-order valence-corrected chi connectivity index (χ4v) is 1.31. The van der Waals surface area contributed by atoms with Gasteiger partial charge in [-0.2, -0.15) is 0 Å². The Bertz CT molecular complexity index is 407. The Morgan fingerprint density at radius 3 is 3.06 bits per heavy atom. The molecule has 0 heterocycles. The zero-order valence-electron chi connectivity index (χ0n) is 10.4. The van der Waals surface area contributed by atoms with Crippen LogP contribution < -0.4 is 15.8 Å². The van der Waals surface area contributed by atoms with E-state index < -0.39 is 6.04 Å². The van der Waals surface area contributed by atoms with Crippen molar-refractivity contribution in [1.29, 1.82) is 0 Å². The number of methoxy groups -OCH3 is 1. The first-order chi connectivity index (χ1) is 8.67. The normalized spacial score (nSPS) is 11.7. The van der Waals surface area contributed by atoms with Gasteiger partial charge in [-0.15, -0.1) is 0 Å². The lowest BCUT2D eigenvalue weighted by molar-refractivity contribution is -0.118. The molecular weight excluding hydrogens is 232 g/mol. The summed E-state index contributed by atoms with van der Waals surface area (Å²) in [7, 11) is 1.50. The van der Waals surface area contributed by atoms with E-state index in [1.807, 2.05) is 0 Å². The summed E-state index contributed by atoms with van der Waals surface area (Å²) < 4.78 is 10.2. The van der Waals surface area contributed by atoms with Crippen LogP contribution in [-0.2, 0) is 9.53 Å². The van der Waals surface area contributed by atoms with Gasteiger partial charge in [0, 0.05) is 18.9 Å². The molecule has 5 nitrogen and oxygen atoms in total. The third-order valence-electron chi connectivity index (χ3n) is 2.15. The molecule has 1 rings (SSSR count). The van der Waals surface area contributed by atoms with Gasteiger partial charge in [-0.25, -0.2) is 0 Å². The van der Waals surface area contributed by atoms with Crippen molar-refractivity contribution in [1.82, 2.24) is 0 Å². The molecule has 18 heavy (non-hydrogen) atoms. The molecule has 1 unspecified atom stereocenters. The summed E-state index contributed by atoms with van der Waals surface area (Å²) in [6, 6.07) is 6.39. The third kappa shape index (κ3) is 4.57. The van der Waals surface area contributed by atoms with Crippen LogP contribution >= 0.6 is 0 Å². The highest BCUT2D eigenvalue weighted by Gasteiger charge is 2.13. The lowest BCUT2D eigenvalue weighted by atomic mass is 10.2. The van der Waals surface area contributed by atoms with Crippen LogP contribution in [0.15, 0.2) is 36.9 Å². The number of benzene rings is 1. The molecule has 0 aromatic heterocycles. The van der Waals surface area contributed by atoms with E-state index in [4.69, 9.17) is 15.2 Å². The van der Waals surface area contributed by atoms with Crippen LogP contribution in [0.5, 0.6) is 5.75 Å². The average molecular weight is 250 g/mol. The number of rotatable bonds is 7. The number of amides is 1. The Hall–Kier alpha value is -1.85. The number of nitrogens with one attached hydrogen (secondary N) is 1. The highest BCUT2D eigenvalue weighted by atomic mass is 16.5. The van der Waals surface area contributed by atoms with E-state index >= 15 is 0 Å². The van der Waals surface area contributed by atoms with Gasteiger partial charge in [-0.3, -0.25) is 4.79 Å². The minimum Gasteiger partial charge on any atom is -0.489 e. The van der Waals surface area contributed by atoms with Crippen LogP contribution in [0.2, 0.25) is 0 Å². The molecule has 0 bridgehead atoms. The SMILES string of the molecule is C=CCOc1cccc(NC(=O)C(N)COC)c1. The molecule has 0 spiro atoms. The van der Waals surface area contributed by atoms with Gasteiger partial charge < -0.3 is 20.5 Å². The van der Waals surface area contributed by atoms with Crippen molar-refractivity contribution in [2.45, 2.75) is 6.04 Å². The molecular formula is C13H18N2O3. The number of carbonyl (C=O) groups is 1. The summed E-state index contributed by atoms with van der Waals surface area (Å²) in [5, 5.41) is 2.69. The number of nitrogens with two attached hydrogens (primary N) is 1. The lowest BCUT2D eigenvalue weighted by Crippen LogP contribution is -2.39. The Labute approximate surface area is 107 Å². The molecule has 0 saturated carbocycles. The van der Waals surface area contributed by atoms with Gasteiger partial charge in [0.05, 0.1) is 6.61 Å². The first-order valence-electron chi connectivity index (χ1n) is 5.56. The highest BCUT2D eigenvalue weighted by Crippen LogP contribution is 2.17. The maximum absolute atomic E-state index is 11.7. The van der Waals surface area contributed by atoms with E-state index in [0.29, 0.717) is 18.0 Å². The van der Waals surface area contributed by atoms with Gasteiger partial charge in [0.15, 0.2) is 0 Å². The topological polar surface area (TPSA) is 73.6 Å². The molecule has 0 aliphatic heterocycles. The summed E-state index contributed by atoms with van der Waals surface area (Å²) >= 11 is 0. The van der Waals surface area contributed by atoms with E-state index in [1.165, 1.54) is 7.11 Å². The maximum Gasteiger partial charge on any atom is 0.243 e. The fourth-order valence-electron chi connectivity index (χ4n) is 1.31. The summed E-state index contributed by atoms with van der Waals surface area (Å²) in [5.74, 6) is 0.366. The molecule has 1 amide bonds. The first-order valence-corrected chi connectivity index (χ1v) is 5.56. The molecule has 98 valence electrons. The van der Waals surface area contributed by atoms with E-state index in [-0.39, 0.29) is 12.5 Å². The molecule has 5 heteroatoms. The summed E-state index contributed by atoms with van der Waals surface area (Å²) in [6.45, 7) is 4.16. The standard InChI is InChI=1S/C13H18N2O3/c1-3-7-18-11-6-4-5-10(8-11)15-13(16)12(14)9-17-2/h3-6,8,12H,1,7,9,14H2,2H3,(H,15,16). The molecule has 0 aliphatic carbocycles. The molecule has 0 saturated heterocycles. The summed E-state index contributed by atoms with van der Waals surface area (Å²) in [5.41, 5.74) is 6.24. The van der Waals surface area contributed by atoms with Crippen LogP contribution in [0, 0.1) is 0 Å². The zero-order valence-corrected chi connectivity index (χ0v) is 10.4. The lowest BCUT2D eigenvalue weighted by Gasteiger charge is -2.12. The van der Waals surface area contributed by atoms with Crippen molar-refractivity contribution in [3.05, 3.63) is 36.9 Å². The first kappa shape index (κ1) is 14.2. The molecule has 0 radical (unpaired) electrons. The number of ether oxygens (including phenoxy) is 2. The number of hydrogen-bond acceptors (Lipinski definition) is 4. The number of carbonyl (C=O) groups excluding carboxylic acids is 1.